The van der Waals surface area contributed by atoms with Crippen molar-refractivity contribution in [1.82, 2.24) is 5.16 Å². The standard InChI is InChI=1S/C10H13NO4/c1-10(2)3-5(12)7-6(4-10)15-11-8(7)9(13)14/h5,12H,3-4H2,1-2H3,(H,13,14). The molecule has 1 aliphatic rings. The first-order valence-corrected chi connectivity index (χ1v) is 4.80. The van der Waals surface area contributed by atoms with E-state index in [1.165, 1.54) is 0 Å². The van der Waals surface area contributed by atoms with Gasteiger partial charge in [-0.3, -0.25) is 0 Å². The Morgan fingerprint density at radius 3 is 2.87 bits per heavy atom. The molecule has 0 bridgehead atoms. The lowest BCUT2D eigenvalue weighted by atomic mass is 9.75. The van der Waals surface area contributed by atoms with Crippen molar-refractivity contribution in [3.8, 4) is 0 Å². The third-order valence-corrected chi connectivity index (χ3v) is 2.72. The largest absolute Gasteiger partial charge is 0.476 e. The molecule has 5 heteroatoms. The smallest absolute Gasteiger partial charge is 0.358 e. The van der Waals surface area contributed by atoms with Crippen molar-refractivity contribution in [2.24, 2.45) is 5.41 Å². The van der Waals surface area contributed by atoms with Gasteiger partial charge in [-0.15, -0.1) is 0 Å². The number of rotatable bonds is 1. The van der Waals surface area contributed by atoms with Gasteiger partial charge < -0.3 is 14.7 Å². The molecule has 5 nitrogen and oxygen atoms in total. The molecule has 1 aliphatic carbocycles. The van der Waals surface area contributed by atoms with Crippen LogP contribution in [0.1, 0.15) is 48.2 Å². The fraction of sp³-hybridized carbons (Fsp3) is 0.600. The molecule has 0 radical (unpaired) electrons. The van der Waals surface area contributed by atoms with Crippen LogP contribution in [-0.4, -0.2) is 21.3 Å². The highest BCUT2D eigenvalue weighted by Crippen LogP contribution is 2.41. The fourth-order valence-corrected chi connectivity index (χ4v) is 2.09. The first-order valence-electron chi connectivity index (χ1n) is 4.80. The van der Waals surface area contributed by atoms with E-state index in [0.29, 0.717) is 24.2 Å². The highest BCUT2D eigenvalue weighted by Gasteiger charge is 2.38. The van der Waals surface area contributed by atoms with Gasteiger partial charge in [0.05, 0.1) is 11.7 Å². The van der Waals surface area contributed by atoms with E-state index in [0.717, 1.165) is 0 Å². The molecule has 1 heterocycles. The summed E-state index contributed by atoms with van der Waals surface area (Å²) in [5.74, 6) is -0.657. The van der Waals surface area contributed by atoms with E-state index in [2.05, 4.69) is 5.16 Å². The van der Waals surface area contributed by atoms with E-state index in [1.54, 1.807) is 0 Å². The van der Waals surface area contributed by atoms with Crippen molar-refractivity contribution in [3.63, 3.8) is 0 Å². The Balaban J connectivity index is 2.48. The van der Waals surface area contributed by atoms with Crippen LogP contribution in [0.25, 0.3) is 0 Å². The van der Waals surface area contributed by atoms with E-state index >= 15 is 0 Å². The summed E-state index contributed by atoms with van der Waals surface area (Å²) in [6.45, 7) is 4.00. The van der Waals surface area contributed by atoms with E-state index in [4.69, 9.17) is 9.63 Å². The highest BCUT2D eigenvalue weighted by molar-refractivity contribution is 5.87. The Labute approximate surface area is 86.7 Å². The molecular formula is C10H13NO4. The van der Waals surface area contributed by atoms with Crippen molar-refractivity contribution >= 4 is 5.97 Å². The number of carboxylic acids is 1. The third-order valence-electron chi connectivity index (χ3n) is 2.72. The highest BCUT2D eigenvalue weighted by atomic mass is 16.5. The van der Waals surface area contributed by atoms with E-state index < -0.39 is 12.1 Å². The summed E-state index contributed by atoms with van der Waals surface area (Å²) in [6.07, 6.45) is 0.349. The summed E-state index contributed by atoms with van der Waals surface area (Å²) in [7, 11) is 0. The number of aliphatic hydroxyl groups excluding tert-OH is 1. The van der Waals surface area contributed by atoms with Crippen LogP contribution in [0, 0.1) is 5.41 Å². The first kappa shape index (κ1) is 10.2. The van der Waals surface area contributed by atoms with Crippen LogP contribution in [0.4, 0.5) is 0 Å². The number of aromatic carboxylic acids is 1. The van der Waals surface area contributed by atoms with Crippen LogP contribution in [0.15, 0.2) is 4.52 Å². The van der Waals surface area contributed by atoms with Crippen molar-refractivity contribution in [1.29, 1.82) is 0 Å². The summed E-state index contributed by atoms with van der Waals surface area (Å²) >= 11 is 0. The van der Waals surface area contributed by atoms with Crippen LogP contribution in [0.5, 0.6) is 0 Å². The molecule has 0 fully saturated rings. The summed E-state index contributed by atoms with van der Waals surface area (Å²) in [5, 5.41) is 22.2. The lowest BCUT2D eigenvalue weighted by Crippen LogP contribution is -2.25. The molecule has 1 aromatic rings. The number of hydrogen-bond donors (Lipinski definition) is 2. The second-order valence-electron chi connectivity index (χ2n) is 4.73. The van der Waals surface area contributed by atoms with E-state index in [1.807, 2.05) is 13.8 Å². The number of aliphatic hydroxyl groups is 1. The molecule has 2 N–H and O–H groups in total. The molecule has 0 spiro atoms. The average Bonchev–Trinajstić information content (AvgIpc) is 2.45. The van der Waals surface area contributed by atoms with Gasteiger partial charge in [-0.1, -0.05) is 19.0 Å². The van der Waals surface area contributed by atoms with Crippen LogP contribution < -0.4 is 0 Å². The van der Waals surface area contributed by atoms with E-state index in [-0.39, 0.29) is 11.1 Å². The maximum Gasteiger partial charge on any atom is 0.358 e. The number of aromatic nitrogens is 1. The molecule has 1 atom stereocenters. The van der Waals surface area contributed by atoms with Crippen molar-refractivity contribution in [2.75, 3.05) is 0 Å². The van der Waals surface area contributed by atoms with Gasteiger partial charge in [0.1, 0.15) is 5.76 Å². The number of fused-ring (bicyclic) bond motifs is 1. The Kier molecular flexibility index (Phi) is 2.08. The predicted molar refractivity (Wildman–Crippen MR) is 50.5 cm³/mol. The number of hydrogen-bond acceptors (Lipinski definition) is 4. The minimum atomic E-state index is -1.15. The Morgan fingerprint density at radius 1 is 1.60 bits per heavy atom. The molecule has 0 aliphatic heterocycles. The lowest BCUT2D eigenvalue weighted by molar-refractivity contribution is 0.0666. The van der Waals surface area contributed by atoms with Crippen LogP contribution in [0.3, 0.4) is 0 Å². The summed E-state index contributed by atoms with van der Waals surface area (Å²) in [4.78, 5) is 10.8. The van der Waals surface area contributed by atoms with Gasteiger partial charge in [-0.25, -0.2) is 4.79 Å². The molecule has 1 aromatic heterocycles. The van der Waals surface area contributed by atoms with Gasteiger partial charge in [0.15, 0.2) is 5.69 Å². The fourth-order valence-electron chi connectivity index (χ4n) is 2.09. The molecule has 15 heavy (non-hydrogen) atoms. The van der Waals surface area contributed by atoms with Gasteiger partial charge in [-0.2, -0.15) is 0 Å². The minimum absolute atomic E-state index is 0.0816. The molecular weight excluding hydrogens is 198 g/mol. The van der Waals surface area contributed by atoms with Crippen LogP contribution >= 0.6 is 0 Å². The zero-order valence-electron chi connectivity index (χ0n) is 8.65. The monoisotopic (exact) mass is 211 g/mol. The van der Waals surface area contributed by atoms with Crippen molar-refractivity contribution < 1.29 is 19.5 Å². The normalized spacial score (nSPS) is 23.5. The second kappa shape index (κ2) is 3.06. The van der Waals surface area contributed by atoms with Gasteiger partial charge >= 0.3 is 5.97 Å². The molecule has 0 aromatic carbocycles. The van der Waals surface area contributed by atoms with Crippen molar-refractivity contribution in [2.45, 2.75) is 32.8 Å². The van der Waals surface area contributed by atoms with Crippen LogP contribution in [0.2, 0.25) is 0 Å². The Hall–Kier alpha value is -1.36. The number of carbonyl (C=O) groups is 1. The maximum absolute atomic E-state index is 10.8. The molecule has 0 saturated carbocycles. The Bertz CT molecular complexity index is 408. The average molecular weight is 211 g/mol. The minimum Gasteiger partial charge on any atom is -0.476 e. The van der Waals surface area contributed by atoms with Crippen molar-refractivity contribution in [3.05, 3.63) is 17.0 Å². The first-order chi connectivity index (χ1) is 6.91. The van der Waals surface area contributed by atoms with Gasteiger partial charge in [-0.05, 0) is 11.8 Å². The maximum atomic E-state index is 10.8. The Morgan fingerprint density at radius 2 is 2.27 bits per heavy atom. The van der Waals surface area contributed by atoms with Gasteiger partial charge in [0, 0.05) is 6.42 Å². The quantitative estimate of drug-likeness (QED) is 0.733. The summed E-state index contributed by atoms with van der Waals surface area (Å²) in [6, 6.07) is 0. The second-order valence-corrected chi connectivity index (χ2v) is 4.73. The molecule has 2 rings (SSSR count). The van der Waals surface area contributed by atoms with Crippen LogP contribution in [-0.2, 0) is 6.42 Å². The zero-order valence-corrected chi connectivity index (χ0v) is 8.65. The third kappa shape index (κ3) is 1.63. The lowest BCUT2D eigenvalue weighted by Gasteiger charge is -2.31. The summed E-state index contributed by atoms with van der Waals surface area (Å²) < 4.78 is 4.96. The van der Waals surface area contributed by atoms with Gasteiger partial charge in [0.2, 0.25) is 0 Å². The number of nitrogens with zero attached hydrogens (tertiary/aromatic N) is 1. The topological polar surface area (TPSA) is 83.6 Å². The molecule has 0 amide bonds. The van der Waals surface area contributed by atoms with E-state index in [9.17, 15) is 9.90 Å². The zero-order chi connectivity index (χ0) is 11.2. The summed E-state index contributed by atoms with van der Waals surface area (Å²) in [5.41, 5.74) is 0.108. The molecule has 1 unspecified atom stereocenters. The number of carboxylic acid groups (broad SMARTS) is 1. The predicted octanol–water partition coefficient (Wildman–Crippen LogP) is 1.38. The molecule has 82 valence electrons. The van der Waals surface area contributed by atoms with Gasteiger partial charge in [0.25, 0.3) is 0 Å². The molecule has 0 saturated heterocycles. The SMILES string of the molecule is CC1(C)Cc2onc(C(=O)O)c2C(O)C1.